The van der Waals surface area contributed by atoms with E-state index in [0.29, 0.717) is 11.4 Å². The Kier molecular flexibility index (Phi) is 5.82. The average Bonchev–Trinajstić information content (AvgIpc) is 3.22. The Morgan fingerprint density at radius 1 is 0.565 bits per heavy atom. The zero-order valence-electron chi connectivity index (χ0n) is 26.0. The maximum atomic E-state index is 6.88. The lowest BCUT2D eigenvalue weighted by molar-refractivity contribution is 0.632. The highest BCUT2D eigenvalue weighted by Gasteiger charge is 2.48. The number of para-hydroxylation sites is 2. The predicted molar refractivity (Wildman–Crippen MR) is 192 cm³/mol. The Morgan fingerprint density at radius 3 is 1.74 bits per heavy atom. The van der Waals surface area contributed by atoms with E-state index in [1.54, 1.807) is 0 Å². The minimum Gasteiger partial charge on any atom is -0.397 e. The molecule has 6 aromatic carbocycles. The summed E-state index contributed by atoms with van der Waals surface area (Å²) in [4.78, 5) is 5.02. The maximum absolute atomic E-state index is 6.88. The van der Waals surface area contributed by atoms with E-state index in [2.05, 4.69) is 140 Å². The standard InChI is InChI=1S/C42H35N3S/c1-41(2)31-11-3-7-15-36(31)45(37-16-8-4-12-32(37)41)27-20-22-29-26(25-27)19-21-28-30(23-24-35(43)40(28)44)42(29)33-13-5-9-17-38(33)46-39-18-10-6-14-34(39)42/h3-18,20,22-25H,19,21,43-44H2,1-2H3. The zero-order chi connectivity index (χ0) is 31.2. The summed E-state index contributed by atoms with van der Waals surface area (Å²) in [6.07, 6.45) is 1.69. The highest BCUT2D eigenvalue weighted by Crippen LogP contribution is 2.59. The lowest BCUT2D eigenvalue weighted by Crippen LogP contribution is -2.35. The average molecular weight is 614 g/mol. The molecule has 3 aliphatic rings. The number of nitrogens with two attached hydrogens (primary N) is 2. The summed E-state index contributed by atoms with van der Waals surface area (Å²) in [5.41, 5.74) is 28.1. The van der Waals surface area contributed by atoms with Gasteiger partial charge >= 0.3 is 0 Å². The number of benzene rings is 6. The molecule has 3 nitrogen and oxygen atoms in total. The van der Waals surface area contributed by atoms with E-state index in [4.69, 9.17) is 11.5 Å². The molecule has 2 heterocycles. The lowest BCUT2D eigenvalue weighted by Gasteiger charge is -2.44. The molecule has 0 fully saturated rings. The van der Waals surface area contributed by atoms with Gasteiger partial charge in [-0.2, -0.15) is 0 Å². The van der Waals surface area contributed by atoms with E-state index in [0.717, 1.165) is 18.4 Å². The number of anilines is 5. The minimum absolute atomic E-state index is 0.105. The third-order valence-corrected chi connectivity index (χ3v) is 11.8. The normalized spacial score (nSPS) is 16.3. The Labute approximate surface area is 274 Å². The van der Waals surface area contributed by atoms with Gasteiger partial charge in [-0.05, 0) is 99.8 Å². The summed E-state index contributed by atoms with van der Waals surface area (Å²) in [7, 11) is 0. The second-order valence-corrected chi connectivity index (χ2v) is 14.4. The molecular formula is C42H35N3S. The predicted octanol–water partition coefficient (Wildman–Crippen LogP) is 9.91. The number of rotatable bonds is 1. The smallest absolute Gasteiger partial charge is 0.0729 e. The van der Waals surface area contributed by atoms with Crippen LogP contribution in [0.15, 0.2) is 137 Å². The van der Waals surface area contributed by atoms with Crippen molar-refractivity contribution in [2.75, 3.05) is 16.4 Å². The molecule has 0 saturated heterocycles. The number of aryl methyl sites for hydroxylation is 1. The summed E-state index contributed by atoms with van der Waals surface area (Å²) in [5, 5.41) is 0. The van der Waals surface area contributed by atoms with Crippen molar-refractivity contribution in [3.05, 3.63) is 172 Å². The molecule has 0 atom stereocenters. The second-order valence-electron chi connectivity index (χ2n) is 13.3. The van der Waals surface area contributed by atoms with Crippen molar-refractivity contribution in [2.24, 2.45) is 0 Å². The van der Waals surface area contributed by atoms with Crippen molar-refractivity contribution < 1.29 is 0 Å². The molecule has 1 aliphatic carbocycles. The van der Waals surface area contributed by atoms with Gasteiger partial charge in [-0.25, -0.2) is 0 Å². The summed E-state index contributed by atoms with van der Waals surface area (Å²) < 4.78 is 0. The fourth-order valence-electron chi connectivity index (χ4n) is 8.52. The Bertz CT molecular complexity index is 2120. The van der Waals surface area contributed by atoms with Crippen LogP contribution < -0.4 is 16.4 Å². The van der Waals surface area contributed by atoms with Crippen molar-refractivity contribution in [3.63, 3.8) is 0 Å². The van der Waals surface area contributed by atoms with Crippen molar-refractivity contribution in [2.45, 2.75) is 47.3 Å². The molecule has 46 heavy (non-hydrogen) atoms. The molecule has 2 aliphatic heterocycles. The number of nitrogen functional groups attached to an aromatic ring is 2. The Morgan fingerprint density at radius 2 is 1.11 bits per heavy atom. The van der Waals surface area contributed by atoms with Crippen LogP contribution in [0.5, 0.6) is 0 Å². The summed E-state index contributed by atoms with van der Waals surface area (Å²) in [6, 6.07) is 47.0. The maximum Gasteiger partial charge on any atom is 0.0729 e. The molecule has 4 heteroatoms. The molecule has 0 amide bonds. The van der Waals surface area contributed by atoms with Crippen LogP contribution in [0.25, 0.3) is 0 Å². The van der Waals surface area contributed by atoms with Gasteiger partial charge in [-0.1, -0.05) is 111 Å². The molecule has 0 aromatic heterocycles. The van der Waals surface area contributed by atoms with Crippen molar-refractivity contribution >= 4 is 40.2 Å². The van der Waals surface area contributed by atoms with Gasteiger partial charge in [0.1, 0.15) is 0 Å². The largest absolute Gasteiger partial charge is 0.397 e. The molecule has 0 radical (unpaired) electrons. The zero-order valence-corrected chi connectivity index (χ0v) is 26.9. The highest BCUT2D eigenvalue weighted by atomic mass is 32.2. The van der Waals surface area contributed by atoms with Crippen LogP contribution in [0.1, 0.15) is 58.4 Å². The third kappa shape index (κ3) is 3.56. The van der Waals surface area contributed by atoms with E-state index >= 15 is 0 Å². The fourth-order valence-corrected chi connectivity index (χ4v) is 9.71. The van der Waals surface area contributed by atoms with Crippen molar-refractivity contribution in [1.82, 2.24) is 0 Å². The first-order chi connectivity index (χ1) is 22.4. The Balaban J connectivity index is 1.35. The van der Waals surface area contributed by atoms with Crippen molar-refractivity contribution in [3.8, 4) is 0 Å². The molecule has 4 N–H and O–H groups in total. The number of hydrogen-bond donors (Lipinski definition) is 2. The SMILES string of the molecule is CC1(C)c2ccccc2N(c2ccc3c(c2)CCc2c(ccc(N)c2N)C32c3ccccc3Sc3ccccc32)c2ccccc21. The van der Waals surface area contributed by atoms with Gasteiger partial charge < -0.3 is 16.4 Å². The van der Waals surface area contributed by atoms with Gasteiger partial charge in [0.05, 0.1) is 28.2 Å². The van der Waals surface area contributed by atoms with E-state index in [1.165, 1.54) is 65.8 Å². The molecule has 9 rings (SSSR count). The fraction of sp³-hybridized carbons (Fsp3) is 0.143. The van der Waals surface area contributed by atoms with Crippen LogP contribution in [0.4, 0.5) is 28.4 Å². The van der Waals surface area contributed by atoms with Crippen LogP contribution in [-0.4, -0.2) is 0 Å². The second kappa shape index (κ2) is 9.78. The first-order valence-corrected chi connectivity index (χ1v) is 16.9. The van der Waals surface area contributed by atoms with Crippen LogP contribution in [0.3, 0.4) is 0 Å². The van der Waals surface area contributed by atoms with E-state index < -0.39 is 5.41 Å². The highest BCUT2D eigenvalue weighted by molar-refractivity contribution is 7.99. The molecule has 0 unspecified atom stereocenters. The monoisotopic (exact) mass is 613 g/mol. The van der Waals surface area contributed by atoms with Gasteiger partial charge in [0.2, 0.25) is 0 Å². The van der Waals surface area contributed by atoms with Crippen LogP contribution >= 0.6 is 11.8 Å². The van der Waals surface area contributed by atoms with Crippen LogP contribution in [0, 0.1) is 0 Å². The van der Waals surface area contributed by atoms with E-state index in [9.17, 15) is 0 Å². The van der Waals surface area contributed by atoms with Crippen LogP contribution in [0.2, 0.25) is 0 Å². The van der Waals surface area contributed by atoms with Crippen LogP contribution in [-0.2, 0) is 23.7 Å². The third-order valence-electron chi connectivity index (χ3n) is 10.6. The molecular weight excluding hydrogens is 579 g/mol. The Hall–Kier alpha value is -4.93. The van der Waals surface area contributed by atoms with Gasteiger partial charge in [-0.15, -0.1) is 0 Å². The van der Waals surface area contributed by atoms with Gasteiger partial charge in [0.15, 0.2) is 0 Å². The molecule has 6 aromatic rings. The summed E-state index contributed by atoms with van der Waals surface area (Å²) in [6.45, 7) is 4.68. The first kappa shape index (κ1) is 27.4. The molecule has 224 valence electrons. The molecule has 1 spiro atoms. The minimum atomic E-state index is -0.528. The van der Waals surface area contributed by atoms with Gasteiger partial charge in [0.25, 0.3) is 0 Å². The van der Waals surface area contributed by atoms with Crippen molar-refractivity contribution in [1.29, 1.82) is 0 Å². The topological polar surface area (TPSA) is 55.3 Å². The van der Waals surface area contributed by atoms with Gasteiger partial charge in [0, 0.05) is 20.9 Å². The number of fused-ring (bicyclic) bond motifs is 10. The number of nitrogens with zero attached hydrogens (tertiary/aromatic N) is 1. The molecule has 0 bridgehead atoms. The summed E-state index contributed by atoms with van der Waals surface area (Å²) in [5.74, 6) is 0. The van der Waals surface area contributed by atoms with Gasteiger partial charge in [-0.3, -0.25) is 0 Å². The molecule has 0 saturated carbocycles. The van der Waals surface area contributed by atoms with E-state index in [-0.39, 0.29) is 5.41 Å². The summed E-state index contributed by atoms with van der Waals surface area (Å²) >= 11 is 1.86. The first-order valence-electron chi connectivity index (χ1n) is 16.1. The quantitative estimate of drug-likeness (QED) is 0.181. The number of hydrogen-bond acceptors (Lipinski definition) is 4. The van der Waals surface area contributed by atoms with E-state index in [1.807, 2.05) is 17.8 Å². The lowest BCUT2D eigenvalue weighted by atomic mass is 9.63.